The van der Waals surface area contributed by atoms with Crippen molar-refractivity contribution in [2.75, 3.05) is 7.11 Å². The van der Waals surface area contributed by atoms with Crippen LogP contribution in [0.15, 0.2) is 54.6 Å². The van der Waals surface area contributed by atoms with Crippen LogP contribution in [0.4, 0.5) is 4.39 Å². The minimum Gasteiger partial charge on any atom is -0.497 e. The molecule has 4 rings (SSSR count). The Morgan fingerprint density at radius 3 is 2.37 bits per heavy atom. The van der Waals surface area contributed by atoms with Crippen LogP contribution < -0.4 is 4.74 Å². The summed E-state index contributed by atoms with van der Waals surface area (Å²) in [6.45, 7) is 2.28. The van der Waals surface area contributed by atoms with Gasteiger partial charge >= 0.3 is 0 Å². The average Bonchev–Trinajstić information content (AvgIpc) is 2.80. The Bertz CT molecular complexity index is 968. The van der Waals surface area contributed by atoms with Crippen molar-refractivity contribution in [1.29, 1.82) is 0 Å². The molecule has 1 aliphatic rings. The van der Waals surface area contributed by atoms with E-state index in [4.69, 9.17) is 4.74 Å². The summed E-state index contributed by atoms with van der Waals surface area (Å²) in [5.74, 6) is 2.19. The molecule has 1 aliphatic carbocycles. The first-order valence-electron chi connectivity index (χ1n) is 11.6. The SMILES string of the molecule is CCCCC[C@H]1CC[C@H](c2ccc3c(F)c(-c4ccc(OC)cc4)ccc3c2)CC1. The average molecular weight is 405 g/mol. The molecule has 158 valence electrons. The fourth-order valence-corrected chi connectivity index (χ4v) is 5.03. The molecule has 0 spiro atoms. The van der Waals surface area contributed by atoms with Crippen molar-refractivity contribution in [1.82, 2.24) is 0 Å². The van der Waals surface area contributed by atoms with Crippen LogP contribution in [0.25, 0.3) is 21.9 Å². The number of ether oxygens (including phenoxy) is 1. The molecular formula is C28H33FO. The van der Waals surface area contributed by atoms with Gasteiger partial charge in [-0.15, -0.1) is 0 Å². The number of halogens is 1. The molecule has 0 saturated heterocycles. The maximum atomic E-state index is 15.3. The van der Waals surface area contributed by atoms with Gasteiger partial charge in [0.25, 0.3) is 0 Å². The second-order valence-electron chi connectivity index (χ2n) is 8.85. The zero-order valence-corrected chi connectivity index (χ0v) is 18.3. The molecule has 0 aliphatic heterocycles. The van der Waals surface area contributed by atoms with Gasteiger partial charge in [-0.05, 0) is 66.2 Å². The van der Waals surface area contributed by atoms with Crippen molar-refractivity contribution in [3.8, 4) is 16.9 Å². The molecule has 0 unspecified atom stereocenters. The van der Waals surface area contributed by atoms with Gasteiger partial charge in [-0.25, -0.2) is 4.39 Å². The van der Waals surface area contributed by atoms with Gasteiger partial charge in [0.05, 0.1) is 7.11 Å². The largest absolute Gasteiger partial charge is 0.497 e. The van der Waals surface area contributed by atoms with Crippen LogP contribution in [0.3, 0.4) is 0 Å². The molecule has 0 aromatic heterocycles. The van der Waals surface area contributed by atoms with Crippen molar-refractivity contribution >= 4 is 10.8 Å². The highest BCUT2D eigenvalue weighted by Crippen LogP contribution is 2.39. The van der Waals surface area contributed by atoms with Gasteiger partial charge in [-0.2, -0.15) is 0 Å². The number of methoxy groups -OCH3 is 1. The van der Waals surface area contributed by atoms with E-state index < -0.39 is 0 Å². The minimum absolute atomic E-state index is 0.135. The summed E-state index contributed by atoms with van der Waals surface area (Å²) in [5, 5.41) is 1.72. The van der Waals surface area contributed by atoms with Gasteiger partial charge < -0.3 is 4.74 Å². The summed E-state index contributed by atoms with van der Waals surface area (Å²) in [5.41, 5.74) is 2.90. The third-order valence-corrected chi connectivity index (χ3v) is 6.91. The Morgan fingerprint density at radius 1 is 0.900 bits per heavy atom. The second-order valence-corrected chi connectivity index (χ2v) is 8.85. The van der Waals surface area contributed by atoms with E-state index in [0.29, 0.717) is 16.9 Å². The van der Waals surface area contributed by atoms with Crippen LogP contribution in [0.5, 0.6) is 5.75 Å². The summed E-state index contributed by atoms with van der Waals surface area (Å²) in [4.78, 5) is 0. The van der Waals surface area contributed by atoms with Crippen LogP contribution in [0.2, 0.25) is 0 Å². The maximum absolute atomic E-state index is 15.3. The fourth-order valence-electron chi connectivity index (χ4n) is 5.03. The van der Waals surface area contributed by atoms with E-state index in [9.17, 15) is 0 Å². The molecule has 0 amide bonds. The molecule has 0 N–H and O–H groups in total. The highest BCUT2D eigenvalue weighted by atomic mass is 19.1. The lowest BCUT2D eigenvalue weighted by molar-refractivity contribution is 0.303. The highest BCUT2D eigenvalue weighted by Gasteiger charge is 2.22. The summed E-state index contributed by atoms with van der Waals surface area (Å²) >= 11 is 0. The van der Waals surface area contributed by atoms with E-state index >= 15 is 4.39 Å². The first-order valence-corrected chi connectivity index (χ1v) is 11.6. The summed E-state index contributed by atoms with van der Waals surface area (Å²) < 4.78 is 20.5. The topological polar surface area (TPSA) is 9.23 Å². The molecule has 30 heavy (non-hydrogen) atoms. The number of hydrogen-bond acceptors (Lipinski definition) is 1. The van der Waals surface area contributed by atoms with Crippen molar-refractivity contribution in [3.63, 3.8) is 0 Å². The van der Waals surface area contributed by atoms with Gasteiger partial charge in [0.2, 0.25) is 0 Å². The number of rotatable bonds is 7. The Morgan fingerprint density at radius 2 is 1.67 bits per heavy atom. The van der Waals surface area contributed by atoms with Crippen molar-refractivity contribution < 1.29 is 9.13 Å². The quantitative estimate of drug-likeness (QED) is 0.359. The number of hydrogen-bond donors (Lipinski definition) is 0. The lowest BCUT2D eigenvalue weighted by Gasteiger charge is -2.29. The smallest absolute Gasteiger partial charge is 0.138 e. The zero-order chi connectivity index (χ0) is 20.9. The lowest BCUT2D eigenvalue weighted by atomic mass is 9.76. The molecule has 0 bridgehead atoms. The van der Waals surface area contributed by atoms with E-state index in [2.05, 4.69) is 25.1 Å². The van der Waals surface area contributed by atoms with Gasteiger partial charge in [0.1, 0.15) is 11.6 Å². The van der Waals surface area contributed by atoms with E-state index in [-0.39, 0.29) is 5.82 Å². The van der Waals surface area contributed by atoms with E-state index in [1.54, 1.807) is 7.11 Å². The van der Waals surface area contributed by atoms with E-state index in [1.807, 2.05) is 36.4 Å². The molecule has 1 nitrogen and oxygen atoms in total. The molecular weight excluding hydrogens is 371 g/mol. The minimum atomic E-state index is -0.135. The van der Waals surface area contributed by atoms with Crippen molar-refractivity contribution in [2.45, 2.75) is 64.2 Å². The lowest BCUT2D eigenvalue weighted by Crippen LogP contribution is -2.13. The third kappa shape index (κ3) is 4.53. The molecule has 0 atom stereocenters. The Labute approximate surface area is 180 Å². The number of benzene rings is 3. The maximum Gasteiger partial charge on any atom is 0.138 e. The first kappa shape index (κ1) is 20.9. The van der Waals surface area contributed by atoms with Gasteiger partial charge in [-0.1, -0.05) is 75.1 Å². The van der Waals surface area contributed by atoms with Crippen LogP contribution >= 0.6 is 0 Å². The highest BCUT2D eigenvalue weighted by molar-refractivity contribution is 5.89. The Hall–Kier alpha value is -2.35. The molecule has 2 heteroatoms. The summed E-state index contributed by atoms with van der Waals surface area (Å²) in [6.07, 6.45) is 10.7. The molecule has 1 saturated carbocycles. The third-order valence-electron chi connectivity index (χ3n) is 6.91. The van der Waals surface area contributed by atoms with Crippen molar-refractivity contribution in [3.05, 3.63) is 66.0 Å². The predicted molar refractivity (Wildman–Crippen MR) is 125 cm³/mol. The number of fused-ring (bicyclic) bond motifs is 1. The Kier molecular flexibility index (Phi) is 6.72. The summed E-state index contributed by atoms with van der Waals surface area (Å²) in [7, 11) is 1.64. The van der Waals surface area contributed by atoms with Crippen LogP contribution in [0.1, 0.15) is 69.8 Å². The van der Waals surface area contributed by atoms with Gasteiger partial charge in [-0.3, -0.25) is 0 Å². The van der Waals surface area contributed by atoms with Gasteiger partial charge in [0.15, 0.2) is 0 Å². The molecule has 1 fully saturated rings. The monoisotopic (exact) mass is 404 g/mol. The van der Waals surface area contributed by atoms with E-state index in [0.717, 1.165) is 22.6 Å². The first-order chi connectivity index (χ1) is 14.7. The predicted octanol–water partition coefficient (Wildman–Crippen LogP) is 8.51. The molecule has 3 aromatic rings. The van der Waals surface area contributed by atoms with Gasteiger partial charge in [0, 0.05) is 10.9 Å². The van der Waals surface area contributed by atoms with Crippen LogP contribution in [-0.2, 0) is 0 Å². The fraction of sp³-hybridized carbons (Fsp3) is 0.429. The normalized spacial score (nSPS) is 19.2. The second kappa shape index (κ2) is 9.64. The van der Waals surface area contributed by atoms with Crippen molar-refractivity contribution in [2.24, 2.45) is 5.92 Å². The van der Waals surface area contributed by atoms with Crippen LogP contribution in [0, 0.1) is 11.7 Å². The van der Waals surface area contributed by atoms with Crippen LogP contribution in [-0.4, -0.2) is 7.11 Å². The standard InChI is InChI=1S/C28H33FO/c1-3-4-5-6-20-7-9-21(10-8-20)23-13-17-27-24(19-23)14-18-26(28(27)29)22-11-15-25(30-2)16-12-22/h11-21H,3-10H2,1-2H3/t20-,21-. The molecule has 0 heterocycles. The number of unbranched alkanes of at least 4 members (excludes halogenated alkanes) is 2. The van der Waals surface area contributed by atoms with E-state index in [1.165, 1.54) is 56.9 Å². The molecule has 3 aromatic carbocycles. The Balaban J connectivity index is 1.50. The zero-order valence-electron chi connectivity index (χ0n) is 18.3. The summed E-state index contributed by atoms with van der Waals surface area (Å²) in [6, 6.07) is 17.9. The molecule has 0 radical (unpaired) electrons.